The molecular formula is C52H34N2S2. The highest BCUT2D eigenvalue weighted by Crippen LogP contribution is 2.40. The number of anilines is 3. The zero-order valence-electron chi connectivity index (χ0n) is 30.4. The van der Waals surface area contributed by atoms with Gasteiger partial charge in [0.1, 0.15) is 5.01 Å². The molecule has 0 aliphatic heterocycles. The monoisotopic (exact) mass is 750 g/mol. The van der Waals surface area contributed by atoms with E-state index >= 15 is 0 Å². The molecule has 10 aromatic rings. The minimum Gasteiger partial charge on any atom is -0.311 e. The van der Waals surface area contributed by atoms with Gasteiger partial charge in [-0.3, -0.25) is 0 Å². The number of fused-ring (bicyclic) bond motifs is 4. The molecule has 0 unspecified atom stereocenters. The molecule has 0 bridgehead atoms. The maximum atomic E-state index is 4.92. The summed E-state index contributed by atoms with van der Waals surface area (Å²) in [7, 11) is 0. The van der Waals surface area contributed by atoms with Gasteiger partial charge in [0.25, 0.3) is 0 Å². The van der Waals surface area contributed by atoms with Crippen LogP contribution in [0.2, 0.25) is 0 Å². The van der Waals surface area contributed by atoms with Crippen LogP contribution in [0.1, 0.15) is 16.7 Å². The summed E-state index contributed by atoms with van der Waals surface area (Å²) in [6.07, 6.45) is 3.30. The van der Waals surface area contributed by atoms with E-state index in [-0.39, 0.29) is 0 Å². The zero-order chi connectivity index (χ0) is 37.0. The highest BCUT2D eigenvalue weighted by Gasteiger charge is 2.17. The maximum absolute atomic E-state index is 4.92. The molecule has 0 saturated heterocycles. The molecule has 0 saturated carbocycles. The van der Waals surface area contributed by atoms with Crippen molar-refractivity contribution >= 4 is 82.5 Å². The van der Waals surface area contributed by atoms with Crippen molar-refractivity contribution in [3.8, 4) is 32.1 Å². The number of hydrogen-bond donors (Lipinski definition) is 0. The molecule has 0 atom stereocenters. The van der Waals surface area contributed by atoms with Gasteiger partial charge in [-0.15, -0.1) is 22.7 Å². The Morgan fingerprint density at radius 1 is 0.429 bits per heavy atom. The van der Waals surface area contributed by atoms with Gasteiger partial charge in [0.15, 0.2) is 0 Å². The lowest BCUT2D eigenvalue weighted by molar-refractivity contribution is 1.27. The van der Waals surface area contributed by atoms with Crippen molar-refractivity contribution in [2.24, 2.45) is 0 Å². The summed E-state index contributed by atoms with van der Waals surface area (Å²) in [5.74, 6) is 0. The van der Waals surface area contributed by atoms with E-state index in [1.54, 1.807) is 11.3 Å². The number of rotatable bonds is 7. The number of hydrogen-bond acceptors (Lipinski definition) is 4. The maximum Gasteiger partial charge on any atom is 0.124 e. The number of aromatic nitrogens is 1. The van der Waals surface area contributed by atoms with Gasteiger partial charge >= 0.3 is 0 Å². The molecule has 0 radical (unpaired) electrons. The number of thiazole rings is 1. The van der Waals surface area contributed by atoms with Crippen LogP contribution in [0.3, 0.4) is 0 Å². The van der Waals surface area contributed by atoms with E-state index in [1.807, 2.05) is 11.3 Å². The average Bonchev–Trinajstić information content (AvgIpc) is 4.01. The van der Waals surface area contributed by atoms with E-state index < -0.39 is 0 Å². The molecule has 4 heteroatoms. The van der Waals surface area contributed by atoms with Crippen molar-refractivity contribution < 1.29 is 0 Å². The van der Waals surface area contributed by atoms with E-state index in [1.165, 1.54) is 69.4 Å². The van der Waals surface area contributed by atoms with Crippen molar-refractivity contribution in [2.75, 3.05) is 4.90 Å². The molecule has 0 fully saturated rings. The fraction of sp³-hybridized carbons (Fsp3) is 0.0192. The van der Waals surface area contributed by atoms with Crippen molar-refractivity contribution in [1.82, 2.24) is 4.98 Å². The van der Waals surface area contributed by atoms with Crippen LogP contribution in [0.4, 0.5) is 17.1 Å². The third-order valence-corrected chi connectivity index (χ3v) is 13.2. The SMILES string of the molecule is C1=C(c2ccc(N(c3ccc(-c4ccc5ccc(-c6cc7ccccc7s6)cc5c4)cc3)c3ccc(-c4nc5ccccc5s4)cc3)cc2)Cc2ccccc21. The summed E-state index contributed by atoms with van der Waals surface area (Å²) in [4.78, 5) is 8.58. The highest BCUT2D eigenvalue weighted by atomic mass is 32.1. The Labute approximate surface area is 333 Å². The number of para-hydroxylation sites is 1. The minimum atomic E-state index is 0.967. The summed E-state index contributed by atoms with van der Waals surface area (Å²) in [5.41, 5.74) is 14.5. The van der Waals surface area contributed by atoms with E-state index in [0.29, 0.717) is 0 Å². The molecule has 0 N–H and O–H groups in total. The van der Waals surface area contributed by atoms with Crippen molar-refractivity contribution in [1.29, 1.82) is 0 Å². The molecule has 264 valence electrons. The Hall–Kier alpha value is -6.59. The Morgan fingerprint density at radius 3 is 1.77 bits per heavy atom. The molecule has 2 aromatic heterocycles. The molecule has 2 nitrogen and oxygen atoms in total. The van der Waals surface area contributed by atoms with Gasteiger partial charge in [-0.2, -0.15) is 0 Å². The second-order valence-electron chi connectivity index (χ2n) is 14.4. The Morgan fingerprint density at radius 2 is 1.04 bits per heavy atom. The van der Waals surface area contributed by atoms with Gasteiger partial charge in [0, 0.05) is 32.2 Å². The molecule has 11 rings (SSSR count). The summed E-state index contributed by atoms with van der Waals surface area (Å²) in [6, 6.07) is 68.5. The van der Waals surface area contributed by atoms with E-state index in [9.17, 15) is 0 Å². The molecule has 0 spiro atoms. The van der Waals surface area contributed by atoms with E-state index in [2.05, 4.69) is 199 Å². The van der Waals surface area contributed by atoms with E-state index in [0.717, 1.165) is 39.6 Å². The third-order valence-electron chi connectivity index (χ3n) is 10.9. The Balaban J connectivity index is 0.931. The Kier molecular flexibility index (Phi) is 7.97. The first-order valence-corrected chi connectivity index (χ1v) is 20.6. The van der Waals surface area contributed by atoms with Crippen LogP contribution in [-0.2, 0) is 6.42 Å². The molecule has 2 heterocycles. The molecule has 8 aromatic carbocycles. The van der Waals surface area contributed by atoms with Crippen LogP contribution in [0.15, 0.2) is 188 Å². The van der Waals surface area contributed by atoms with Gasteiger partial charge < -0.3 is 4.90 Å². The topological polar surface area (TPSA) is 16.1 Å². The summed E-state index contributed by atoms with van der Waals surface area (Å²) >= 11 is 3.59. The molecule has 1 aliphatic carbocycles. The fourth-order valence-corrected chi connectivity index (χ4v) is 10.0. The van der Waals surface area contributed by atoms with Crippen LogP contribution in [0, 0.1) is 0 Å². The van der Waals surface area contributed by atoms with Gasteiger partial charge in [-0.05, 0) is 146 Å². The summed E-state index contributed by atoms with van der Waals surface area (Å²) in [6.45, 7) is 0. The summed E-state index contributed by atoms with van der Waals surface area (Å²) < 4.78 is 2.53. The molecule has 56 heavy (non-hydrogen) atoms. The lowest BCUT2D eigenvalue weighted by Crippen LogP contribution is -2.10. The van der Waals surface area contributed by atoms with Crippen molar-refractivity contribution in [3.63, 3.8) is 0 Å². The smallest absolute Gasteiger partial charge is 0.124 e. The minimum absolute atomic E-state index is 0.967. The first kappa shape index (κ1) is 32.8. The normalized spacial score (nSPS) is 12.3. The van der Waals surface area contributed by atoms with Crippen LogP contribution >= 0.6 is 22.7 Å². The van der Waals surface area contributed by atoms with Gasteiger partial charge in [-0.25, -0.2) is 4.98 Å². The van der Waals surface area contributed by atoms with Gasteiger partial charge in [-0.1, -0.05) is 109 Å². The largest absolute Gasteiger partial charge is 0.311 e. The number of nitrogens with zero attached hydrogens (tertiary/aromatic N) is 2. The molecule has 1 aliphatic rings. The van der Waals surface area contributed by atoms with Gasteiger partial charge in [0.2, 0.25) is 0 Å². The second-order valence-corrected chi connectivity index (χ2v) is 16.5. The molecule has 0 amide bonds. The predicted molar refractivity (Wildman–Crippen MR) is 242 cm³/mol. The first-order valence-electron chi connectivity index (χ1n) is 19.0. The first-order chi connectivity index (χ1) is 27.7. The van der Waals surface area contributed by atoms with Gasteiger partial charge in [0.05, 0.1) is 10.2 Å². The standard InChI is InChI=1S/C52H34N2S2/c1-2-8-39-30-43(29-38(39)7-1)36-19-25-46(26-20-36)54(47-27-21-37(22-28-47)52-53-48-10-4-6-12-50(48)56-52)45-23-17-34(18-24-45)40-15-13-35-14-16-42(32-44(35)31-40)51-33-41-9-3-5-11-49(41)55-51/h1-29,31-33H,30H2. The Bertz CT molecular complexity index is 3030. The highest BCUT2D eigenvalue weighted by molar-refractivity contribution is 7.22. The van der Waals surface area contributed by atoms with Crippen LogP contribution < -0.4 is 4.90 Å². The quantitative estimate of drug-likeness (QED) is 0.161. The lowest BCUT2D eigenvalue weighted by Gasteiger charge is -2.26. The van der Waals surface area contributed by atoms with Crippen molar-refractivity contribution in [3.05, 3.63) is 205 Å². The van der Waals surface area contributed by atoms with Crippen LogP contribution in [0.5, 0.6) is 0 Å². The average molecular weight is 751 g/mol. The van der Waals surface area contributed by atoms with Crippen LogP contribution in [0.25, 0.3) is 74.9 Å². The fourth-order valence-electron chi connectivity index (χ4n) is 7.99. The zero-order valence-corrected chi connectivity index (χ0v) is 32.0. The van der Waals surface area contributed by atoms with Crippen LogP contribution in [-0.4, -0.2) is 4.98 Å². The number of allylic oxidation sites excluding steroid dienone is 1. The second kappa shape index (κ2) is 13.6. The van der Waals surface area contributed by atoms with E-state index in [4.69, 9.17) is 4.98 Å². The number of thiophene rings is 1. The summed E-state index contributed by atoms with van der Waals surface area (Å²) in [5, 5.41) is 4.83. The predicted octanol–water partition coefficient (Wildman–Crippen LogP) is 15.2. The number of benzene rings is 8. The van der Waals surface area contributed by atoms with Crippen molar-refractivity contribution in [2.45, 2.75) is 6.42 Å². The third kappa shape index (κ3) is 6.00. The lowest BCUT2D eigenvalue weighted by atomic mass is 9.99. The molecular weight excluding hydrogens is 717 g/mol.